The molecule has 2 aromatic rings. The van der Waals surface area contributed by atoms with Crippen LogP contribution in [0, 0.1) is 11.3 Å². The zero-order chi connectivity index (χ0) is 20.5. The summed E-state index contributed by atoms with van der Waals surface area (Å²) in [7, 11) is 0. The predicted molar refractivity (Wildman–Crippen MR) is 99.5 cm³/mol. The molecule has 0 saturated heterocycles. The summed E-state index contributed by atoms with van der Waals surface area (Å²) < 4.78 is 10.7. The average molecular weight is 381 g/mol. The van der Waals surface area contributed by atoms with E-state index in [1.165, 1.54) is 19.9 Å². The van der Waals surface area contributed by atoms with Crippen molar-refractivity contribution < 1.29 is 23.9 Å². The van der Waals surface area contributed by atoms with Gasteiger partial charge in [-0.1, -0.05) is 12.1 Å². The highest BCUT2D eigenvalue weighted by atomic mass is 16.5. The van der Waals surface area contributed by atoms with Gasteiger partial charge in [0.15, 0.2) is 18.5 Å². The summed E-state index contributed by atoms with van der Waals surface area (Å²) in [5.74, 6) is -0.463. The minimum absolute atomic E-state index is 0.113. The van der Waals surface area contributed by atoms with E-state index in [9.17, 15) is 14.4 Å². The molecule has 2 rings (SSSR count). The monoisotopic (exact) mass is 381 g/mol. The van der Waals surface area contributed by atoms with Crippen LogP contribution in [0.5, 0.6) is 11.5 Å². The largest absolute Gasteiger partial charge is 0.484 e. The van der Waals surface area contributed by atoms with Gasteiger partial charge in [0.2, 0.25) is 0 Å². The van der Waals surface area contributed by atoms with Gasteiger partial charge in [-0.25, -0.2) is 0 Å². The lowest BCUT2D eigenvalue weighted by atomic mass is 10.1. The van der Waals surface area contributed by atoms with Crippen LogP contribution < -0.4 is 20.3 Å². The summed E-state index contributed by atoms with van der Waals surface area (Å²) in [5.41, 5.74) is 5.41. The molecule has 0 fully saturated rings. The third-order valence-electron chi connectivity index (χ3n) is 3.60. The van der Waals surface area contributed by atoms with E-state index >= 15 is 0 Å². The Balaban J connectivity index is 1.76. The molecular formula is C20H19N3O5. The number of amides is 2. The molecule has 1 atom stereocenters. The van der Waals surface area contributed by atoms with Crippen LogP contribution in [0.3, 0.4) is 0 Å². The lowest BCUT2D eigenvalue weighted by Crippen LogP contribution is -2.48. The number of nitrogens with one attached hydrogen (secondary N) is 2. The standard InChI is InChI=1S/C20H19N3O5/c1-13(24)16-4-3-5-18(10-16)27-12-19(25)22-23-20(26)14(2)28-17-8-6-15(11-21)7-9-17/h3-10,14H,12H2,1-2H3,(H,22,25)(H,23,26)/t14-/m0/s1. The van der Waals surface area contributed by atoms with Crippen LogP contribution in [0.2, 0.25) is 0 Å². The number of rotatable bonds is 7. The Kier molecular flexibility index (Phi) is 7.11. The number of nitriles is 1. The SMILES string of the molecule is CC(=O)c1cccc(OCC(=O)NNC(=O)[C@H](C)Oc2ccc(C#N)cc2)c1. The minimum atomic E-state index is -0.874. The molecule has 0 aliphatic rings. The molecule has 144 valence electrons. The van der Waals surface area contributed by atoms with E-state index in [0.717, 1.165) is 0 Å². The first kappa shape index (κ1) is 20.5. The van der Waals surface area contributed by atoms with E-state index in [-0.39, 0.29) is 12.4 Å². The van der Waals surface area contributed by atoms with Crippen molar-refractivity contribution in [2.45, 2.75) is 20.0 Å². The van der Waals surface area contributed by atoms with Crippen molar-refractivity contribution in [3.63, 3.8) is 0 Å². The number of hydrogen-bond acceptors (Lipinski definition) is 6. The second-order valence-corrected chi connectivity index (χ2v) is 5.81. The molecule has 2 aromatic carbocycles. The second-order valence-electron chi connectivity index (χ2n) is 5.81. The van der Waals surface area contributed by atoms with E-state index in [4.69, 9.17) is 14.7 Å². The van der Waals surface area contributed by atoms with Gasteiger partial charge in [-0.2, -0.15) is 5.26 Å². The lowest BCUT2D eigenvalue weighted by molar-refractivity contribution is -0.133. The first-order valence-electron chi connectivity index (χ1n) is 8.38. The highest BCUT2D eigenvalue weighted by Crippen LogP contribution is 2.14. The number of ether oxygens (including phenoxy) is 2. The van der Waals surface area contributed by atoms with Crippen molar-refractivity contribution in [3.05, 3.63) is 59.7 Å². The number of carbonyl (C=O) groups excluding carboxylic acids is 3. The van der Waals surface area contributed by atoms with Crippen LogP contribution in [-0.4, -0.2) is 30.3 Å². The Morgan fingerprint density at radius 3 is 2.43 bits per heavy atom. The van der Waals surface area contributed by atoms with Crippen LogP contribution >= 0.6 is 0 Å². The van der Waals surface area contributed by atoms with E-state index < -0.39 is 17.9 Å². The van der Waals surface area contributed by atoms with Gasteiger partial charge in [-0.3, -0.25) is 25.2 Å². The predicted octanol–water partition coefficient (Wildman–Crippen LogP) is 1.75. The van der Waals surface area contributed by atoms with Crippen LogP contribution in [0.1, 0.15) is 29.8 Å². The number of Topliss-reactive ketones (excluding diaryl/α,β-unsaturated/α-hetero) is 1. The third kappa shape index (κ3) is 6.14. The average Bonchev–Trinajstić information content (AvgIpc) is 2.71. The molecular weight excluding hydrogens is 362 g/mol. The molecule has 8 nitrogen and oxygen atoms in total. The number of nitrogens with zero attached hydrogens (tertiary/aromatic N) is 1. The molecule has 0 aliphatic carbocycles. The van der Waals surface area contributed by atoms with Crippen LogP contribution in [0.25, 0.3) is 0 Å². The fraction of sp³-hybridized carbons (Fsp3) is 0.200. The normalized spacial score (nSPS) is 10.9. The van der Waals surface area contributed by atoms with Crippen LogP contribution in [-0.2, 0) is 9.59 Å². The third-order valence-corrected chi connectivity index (χ3v) is 3.60. The quantitative estimate of drug-likeness (QED) is 0.557. The molecule has 0 saturated carbocycles. The van der Waals surface area contributed by atoms with Gasteiger partial charge in [0.05, 0.1) is 11.6 Å². The number of benzene rings is 2. The highest BCUT2D eigenvalue weighted by molar-refractivity contribution is 5.94. The highest BCUT2D eigenvalue weighted by Gasteiger charge is 2.15. The summed E-state index contributed by atoms with van der Waals surface area (Å²) in [6, 6.07) is 14.7. The van der Waals surface area contributed by atoms with Crippen molar-refractivity contribution in [3.8, 4) is 17.6 Å². The Hall–Kier alpha value is -3.86. The summed E-state index contributed by atoms with van der Waals surface area (Å²) in [6.45, 7) is 2.61. The van der Waals surface area contributed by atoms with Gasteiger partial charge >= 0.3 is 0 Å². The van der Waals surface area contributed by atoms with Crippen LogP contribution in [0.15, 0.2) is 48.5 Å². The van der Waals surface area contributed by atoms with E-state index in [2.05, 4.69) is 10.9 Å². The summed E-state index contributed by atoms with van der Waals surface area (Å²) in [6.07, 6.45) is -0.874. The molecule has 0 aliphatic heterocycles. The summed E-state index contributed by atoms with van der Waals surface area (Å²) >= 11 is 0. The van der Waals surface area contributed by atoms with E-state index in [1.54, 1.807) is 42.5 Å². The van der Waals surface area contributed by atoms with Crippen molar-refractivity contribution in [2.75, 3.05) is 6.61 Å². The van der Waals surface area contributed by atoms with Gasteiger partial charge in [0.1, 0.15) is 11.5 Å². The number of ketones is 1. The van der Waals surface area contributed by atoms with Crippen molar-refractivity contribution in [1.82, 2.24) is 10.9 Å². The second kappa shape index (κ2) is 9.73. The van der Waals surface area contributed by atoms with Gasteiger partial charge in [0, 0.05) is 5.56 Å². The Bertz CT molecular complexity index is 903. The van der Waals surface area contributed by atoms with Gasteiger partial charge < -0.3 is 9.47 Å². The fourth-order valence-corrected chi connectivity index (χ4v) is 2.09. The van der Waals surface area contributed by atoms with E-state index in [1.807, 2.05) is 6.07 Å². The molecule has 28 heavy (non-hydrogen) atoms. The molecule has 0 bridgehead atoms. The molecule has 0 aromatic heterocycles. The maximum Gasteiger partial charge on any atom is 0.279 e. The number of hydrazine groups is 1. The number of hydrogen-bond donors (Lipinski definition) is 2. The first-order chi connectivity index (χ1) is 13.4. The van der Waals surface area contributed by atoms with Crippen molar-refractivity contribution in [1.29, 1.82) is 5.26 Å². The number of carbonyl (C=O) groups is 3. The van der Waals surface area contributed by atoms with Crippen LogP contribution in [0.4, 0.5) is 0 Å². The van der Waals surface area contributed by atoms with E-state index in [0.29, 0.717) is 22.6 Å². The van der Waals surface area contributed by atoms with Gasteiger partial charge in [0.25, 0.3) is 11.8 Å². The summed E-state index contributed by atoms with van der Waals surface area (Å²) in [4.78, 5) is 35.1. The maximum atomic E-state index is 12.0. The Morgan fingerprint density at radius 1 is 1.07 bits per heavy atom. The molecule has 0 heterocycles. The first-order valence-corrected chi connectivity index (χ1v) is 8.38. The zero-order valence-corrected chi connectivity index (χ0v) is 15.4. The Labute approximate surface area is 162 Å². The fourth-order valence-electron chi connectivity index (χ4n) is 2.09. The Morgan fingerprint density at radius 2 is 1.79 bits per heavy atom. The molecule has 0 radical (unpaired) electrons. The molecule has 0 unspecified atom stereocenters. The molecule has 2 N–H and O–H groups in total. The minimum Gasteiger partial charge on any atom is -0.484 e. The maximum absolute atomic E-state index is 12.0. The van der Waals surface area contributed by atoms with Gasteiger partial charge in [-0.15, -0.1) is 0 Å². The molecule has 0 spiro atoms. The lowest BCUT2D eigenvalue weighted by Gasteiger charge is -2.15. The molecule has 2 amide bonds. The molecule has 8 heteroatoms. The van der Waals surface area contributed by atoms with Gasteiger partial charge in [-0.05, 0) is 50.2 Å². The van der Waals surface area contributed by atoms with Crippen molar-refractivity contribution >= 4 is 17.6 Å². The van der Waals surface area contributed by atoms with Crippen molar-refractivity contribution in [2.24, 2.45) is 0 Å². The summed E-state index contributed by atoms with van der Waals surface area (Å²) in [5, 5.41) is 8.75. The smallest absolute Gasteiger partial charge is 0.279 e. The zero-order valence-electron chi connectivity index (χ0n) is 15.4. The topological polar surface area (TPSA) is 118 Å².